The molecule has 2 N–H and O–H groups in total. The minimum Gasteiger partial charge on any atom is -0.482 e. The molecule has 1 atom stereocenters. The van der Waals surface area contributed by atoms with Gasteiger partial charge in [0.2, 0.25) is 0 Å². The molecule has 0 bridgehead atoms. The number of hydrogen-bond donors (Lipinski definition) is 2. The maximum atomic E-state index is 11.8. The highest BCUT2D eigenvalue weighted by Gasteiger charge is 2.19. The van der Waals surface area contributed by atoms with Gasteiger partial charge in [-0.1, -0.05) is 37.0 Å². The van der Waals surface area contributed by atoms with Crippen molar-refractivity contribution in [1.82, 2.24) is 5.32 Å². The number of amides is 1. The maximum absolute atomic E-state index is 11.8. The molecule has 0 aliphatic carbocycles. The summed E-state index contributed by atoms with van der Waals surface area (Å²) in [4.78, 5) is 22.5. The van der Waals surface area contributed by atoms with Crippen LogP contribution in [0.5, 0.6) is 5.75 Å². The van der Waals surface area contributed by atoms with Gasteiger partial charge in [-0.05, 0) is 24.1 Å². The minimum absolute atomic E-state index is 0.00386. The normalized spacial score (nSPS) is 12.0. The lowest BCUT2D eigenvalue weighted by atomic mass is 10.0. The average Bonchev–Trinajstić information content (AvgIpc) is 2.36. The molecule has 1 aromatic rings. The minimum atomic E-state index is -0.962. The second-order valence-electron chi connectivity index (χ2n) is 4.88. The zero-order valence-corrected chi connectivity index (χ0v) is 13.2. The van der Waals surface area contributed by atoms with E-state index in [-0.39, 0.29) is 18.9 Å². The molecule has 0 heterocycles. The molecule has 1 amide bonds. The molecule has 7 heteroatoms. The number of rotatable bonds is 7. The van der Waals surface area contributed by atoms with Crippen molar-refractivity contribution in [3.05, 3.63) is 28.2 Å². The standard InChI is InChI=1S/C14H17Cl2NO4/c1-8(2)11(6-14(19)20)17-13(18)7-21-12-4-3-9(15)5-10(12)16/h3-5,8,11H,6-7H2,1-2H3,(H,17,18)(H,19,20). The van der Waals surface area contributed by atoms with E-state index in [1.165, 1.54) is 6.07 Å². The second-order valence-corrected chi connectivity index (χ2v) is 5.72. The molecule has 0 fully saturated rings. The van der Waals surface area contributed by atoms with E-state index in [0.717, 1.165) is 0 Å². The lowest BCUT2D eigenvalue weighted by Gasteiger charge is -2.20. The first-order chi connectivity index (χ1) is 9.79. The van der Waals surface area contributed by atoms with Crippen LogP contribution in [-0.4, -0.2) is 29.6 Å². The fraction of sp³-hybridized carbons (Fsp3) is 0.429. The Labute approximate surface area is 133 Å². The topological polar surface area (TPSA) is 75.6 Å². The number of carbonyl (C=O) groups excluding carboxylic acids is 1. The first-order valence-corrected chi connectivity index (χ1v) is 7.14. The van der Waals surface area contributed by atoms with Gasteiger partial charge < -0.3 is 15.2 Å². The zero-order chi connectivity index (χ0) is 16.0. The molecule has 116 valence electrons. The Balaban J connectivity index is 2.54. The predicted octanol–water partition coefficient (Wildman–Crippen LogP) is 2.99. The van der Waals surface area contributed by atoms with Gasteiger partial charge in [-0.15, -0.1) is 0 Å². The summed E-state index contributed by atoms with van der Waals surface area (Å²) in [5.74, 6) is -1.02. The Morgan fingerprint density at radius 2 is 2.00 bits per heavy atom. The van der Waals surface area contributed by atoms with Crippen molar-refractivity contribution in [2.24, 2.45) is 5.92 Å². The lowest BCUT2D eigenvalue weighted by Crippen LogP contribution is -2.42. The van der Waals surface area contributed by atoms with Crippen LogP contribution in [0.1, 0.15) is 20.3 Å². The lowest BCUT2D eigenvalue weighted by molar-refractivity contribution is -0.138. The number of carboxylic acid groups (broad SMARTS) is 1. The van der Waals surface area contributed by atoms with Gasteiger partial charge in [-0.3, -0.25) is 9.59 Å². The molecule has 0 aliphatic rings. The monoisotopic (exact) mass is 333 g/mol. The number of hydrogen-bond acceptors (Lipinski definition) is 3. The number of ether oxygens (including phenoxy) is 1. The van der Waals surface area contributed by atoms with E-state index in [4.69, 9.17) is 33.0 Å². The average molecular weight is 334 g/mol. The molecule has 0 saturated heterocycles. The fourth-order valence-corrected chi connectivity index (χ4v) is 2.09. The summed E-state index contributed by atoms with van der Waals surface area (Å²) in [6, 6.07) is 4.23. The molecule has 0 radical (unpaired) electrons. The van der Waals surface area contributed by atoms with E-state index in [9.17, 15) is 9.59 Å². The molecule has 1 aromatic carbocycles. The Morgan fingerprint density at radius 3 is 2.52 bits per heavy atom. The Kier molecular flexibility index (Phi) is 6.78. The van der Waals surface area contributed by atoms with Gasteiger partial charge in [0.1, 0.15) is 5.75 Å². The van der Waals surface area contributed by atoms with Crippen LogP contribution in [0.3, 0.4) is 0 Å². The summed E-state index contributed by atoms with van der Waals surface area (Å²) < 4.78 is 5.29. The van der Waals surface area contributed by atoms with Gasteiger partial charge in [0.05, 0.1) is 11.4 Å². The first-order valence-electron chi connectivity index (χ1n) is 6.38. The van der Waals surface area contributed by atoms with Crippen LogP contribution in [0.15, 0.2) is 18.2 Å². The fourth-order valence-electron chi connectivity index (χ4n) is 1.63. The number of halogens is 2. The molecule has 1 unspecified atom stereocenters. The molecule has 1 rings (SSSR count). The largest absolute Gasteiger partial charge is 0.482 e. The third-order valence-electron chi connectivity index (χ3n) is 2.80. The predicted molar refractivity (Wildman–Crippen MR) is 81.0 cm³/mol. The van der Waals surface area contributed by atoms with E-state index in [1.54, 1.807) is 12.1 Å². The second kappa shape index (κ2) is 8.10. The molecule has 0 spiro atoms. The van der Waals surface area contributed by atoms with Crippen molar-refractivity contribution in [3.63, 3.8) is 0 Å². The van der Waals surface area contributed by atoms with Gasteiger partial charge in [-0.2, -0.15) is 0 Å². The smallest absolute Gasteiger partial charge is 0.305 e. The Bertz CT molecular complexity index is 520. The summed E-state index contributed by atoms with van der Waals surface area (Å²) >= 11 is 11.7. The number of benzene rings is 1. The van der Waals surface area contributed by atoms with Crippen LogP contribution in [0.25, 0.3) is 0 Å². The summed E-state index contributed by atoms with van der Waals surface area (Å²) in [7, 11) is 0. The highest BCUT2D eigenvalue weighted by atomic mass is 35.5. The van der Waals surface area contributed by atoms with Crippen LogP contribution in [0.2, 0.25) is 10.0 Å². The van der Waals surface area contributed by atoms with Gasteiger partial charge in [0, 0.05) is 11.1 Å². The number of carbonyl (C=O) groups is 2. The van der Waals surface area contributed by atoms with Crippen molar-refractivity contribution in [3.8, 4) is 5.75 Å². The van der Waals surface area contributed by atoms with E-state index in [0.29, 0.717) is 15.8 Å². The van der Waals surface area contributed by atoms with E-state index < -0.39 is 17.9 Å². The molecular formula is C14H17Cl2NO4. The molecule has 0 aromatic heterocycles. The van der Waals surface area contributed by atoms with E-state index in [1.807, 2.05) is 13.8 Å². The zero-order valence-electron chi connectivity index (χ0n) is 11.7. The third-order valence-corrected chi connectivity index (χ3v) is 3.33. The van der Waals surface area contributed by atoms with Gasteiger partial charge in [0.15, 0.2) is 6.61 Å². The van der Waals surface area contributed by atoms with Crippen LogP contribution < -0.4 is 10.1 Å². The SMILES string of the molecule is CC(C)C(CC(=O)O)NC(=O)COc1ccc(Cl)cc1Cl. The Morgan fingerprint density at radius 1 is 1.33 bits per heavy atom. The van der Waals surface area contributed by atoms with E-state index >= 15 is 0 Å². The van der Waals surface area contributed by atoms with Crippen LogP contribution >= 0.6 is 23.2 Å². The summed E-state index contributed by atoms with van der Waals surface area (Å²) in [5.41, 5.74) is 0. The number of nitrogens with one attached hydrogen (secondary N) is 1. The van der Waals surface area contributed by atoms with Gasteiger partial charge in [-0.25, -0.2) is 0 Å². The van der Waals surface area contributed by atoms with Crippen LogP contribution in [0, 0.1) is 5.92 Å². The molecule has 21 heavy (non-hydrogen) atoms. The van der Waals surface area contributed by atoms with Crippen molar-refractivity contribution in [2.45, 2.75) is 26.3 Å². The highest BCUT2D eigenvalue weighted by molar-refractivity contribution is 6.35. The molecule has 0 saturated carbocycles. The van der Waals surface area contributed by atoms with Crippen molar-refractivity contribution in [2.75, 3.05) is 6.61 Å². The van der Waals surface area contributed by atoms with Crippen LogP contribution in [-0.2, 0) is 9.59 Å². The quantitative estimate of drug-likeness (QED) is 0.804. The van der Waals surface area contributed by atoms with Gasteiger partial charge >= 0.3 is 5.97 Å². The first kappa shape index (κ1) is 17.6. The number of aliphatic carboxylic acids is 1. The summed E-state index contributed by atoms with van der Waals surface area (Å²) in [6.07, 6.45) is -0.134. The molecular weight excluding hydrogens is 317 g/mol. The highest BCUT2D eigenvalue weighted by Crippen LogP contribution is 2.27. The summed E-state index contributed by atoms with van der Waals surface area (Å²) in [6.45, 7) is 3.43. The van der Waals surface area contributed by atoms with Crippen LogP contribution in [0.4, 0.5) is 0 Å². The molecule has 0 aliphatic heterocycles. The molecule has 5 nitrogen and oxygen atoms in total. The van der Waals surface area contributed by atoms with E-state index in [2.05, 4.69) is 5.32 Å². The third kappa shape index (κ3) is 6.23. The van der Waals surface area contributed by atoms with Gasteiger partial charge in [0.25, 0.3) is 5.91 Å². The Hall–Kier alpha value is -1.46. The van der Waals surface area contributed by atoms with Crippen molar-refractivity contribution in [1.29, 1.82) is 0 Å². The maximum Gasteiger partial charge on any atom is 0.305 e. The number of carboxylic acids is 1. The van der Waals surface area contributed by atoms with Crippen molar-refractivity contribution < 1.29 is 19.4 Å². The summed E-state index contributed by atoms with van der Waals surface area (Å²) in [5, 5.41) is 12.2. The van der Waals surface area contributed by atoms with Crippen molar-refractivity contribution >= 4 is 35.1 Å².